The minimum atomic E-state index is -1.86. The summed E-state index contributed by atoms with van der Waals surface area (Å²) in [7, 11) is 0. The zero-order chi connectivity index (χ0) is 20.9. The number of hydrogen-bond acceptors (Lipinski definition) is 3. The van der Waals surface area contributed by atoms with Gasteiger partial charge in [0.2, 0.25) is 3.79 Å². The van der Waals surface area contributed by atoms with E-state index in [-0.39, 0.29) is 10.9 Å². The summed E-state index contributed by atoms with van der Waals surface area (Å²) in [5.74, 6) is -0.460. The van der Waals surface area contributed by atoms with E-state index in [1.807, 2.05) is 6.07 Å². The number of hydrogen-bond donors (Lipinski definition) is 3. The largest absolute Gasteiger partial charge is 0.339 e. The monoisotopic (exact) mass is 569 g/mol. The maximum Gasteiger partial charge on any atom is 0.253 e. The van der Waals surface area contributed by atoms with E-state index in [1.165, 1.54) is 6.92 Å². The van der Waals surface area contributed by atoms with E-state index < -0.39 is 15.9 Å². The number of Topliss-reactive ketones (excluding diaryl/α,β-unsaturated/α-hetero) is 1. The number of thiocarbonyl (C=S) groups is 1. The molecule has 2 aromatic rings. The molecule has 0 saturated carbocycles. The SMILES string of the molecule is CC(=O)c1ccc(NC(=S)N[C@@H](NC(=O)c2cccc(I)c2)C(Cl)(Cl)Cl)cc1. The molecule has 0 heterocycles. The van der Waals surface area contributed by atoms with Gasteiger partial charge >= 0.3 is 0 Å². The van der Waals surface area contributed by atoms with Crippen LogP contribution in [-0.4, -0.2) is 26.8 Å². The fraction of sp³-hybridized carbons (Fsp3) is 0.167. The molecule has 0 fully saturated rings. The van der Waals surface area contributed by atoms with Crippen molar-refractivity contribution in [1.29, 1.82) is 0 Å². The van der Waals surface area contributed by atoms with Crippen molar-refractivity contribution in [2.75, 3.05) is 5.32 Å². The average molecular weight is 571 g/mol. The Balaban J connectivity index is 2.06. The maximum atomic E-state index is 12.5. The number of alkyl halides is 3. The fourth-order valence-electron chi connectivity index (χ4n) is 2.13. The number of amides is 1. The van der Waals surface area contributed by atoms with Gasteiger partial charge in [-0.1, -0.05) is 40.9 Å². The summed E-state index contributed by atoms with van der Waals surface area (Å²) < 4.78 is -0.961. The summed E-state index contributed by atoms with van der Waals surface area (Å²) in [6.07, 6.45) is -1.08. The van der Waals surface area contributed by atoms with Gasteiger partial charge in [-0.2, -0.15) is 0 Å². The first-order chi connectivity index (χ1) is 13.1. The standard InChI is InChI=1S/C18H15Cl3IN3O2S/c1-10(26)11-5-7-14(8-6-11)23-17(28)25-16(18(19,20)21)24-15(27)12-3-2-4-13(22)9-12/h2-9,16H,1H3,(H,24,27)(H2,23,25,28)/t16-/m1/s1. The van der Waals surface area contributed by atoms with E-state index in [1.54, 1.807) is 42.5 Å². The molecule has 10 heteroatoms. The van der Waals surface area contributed by atoms with Crippen LogP contribution >= 0.6 is 69.6 Å². The Hall–Kier alpha value is -1.13. The Morgan fingerprint density at radius 3 is 2.21 bits per heavy atom. The molecule has 5 nitrogen and oxygen atoms in total. The Kier molecular flexibility index (Phi) is 8.32. The van der Waals surface area contributed by atoms with Crippen LogP contribution in [0.4, 0.5) is 5.69 Å². The number of rotatable bonds is 5. The normalized spacial score (nSPS) is 12.0. The van der Waals surface area contributed by atoms with Crippen LogP contribution in [0, 0.1) is 3.57 Å². The van der Waals surface area contributed by atoms with Gasteiger partial charge in [0.1, 0.15) is 6.17 Å². The summed E-state index contributed by atoms with van der Waals surface area (Å²) in [5.41, 5.74) is 1.63. The smallest absolute Gasteiger partial charge is 0.253 e. The Morgan fingerprint density at radius 1 is 1.04 bits per heavy atom. The van der Waals surface area contributed by atoms with Gasteiger partial charge in [-0.3, -0.25) is 9.59 Å². The second-order valence-electron chi connectivity index (χ2n) is 5.69. The number of carbonyl (C=O) groups is 2. The third-order valence-corrected chi connectivity index (χ3v) is 5.06. The highest BCUT2D eigenvalue weighted by atomic mass is 127. The Bertz CT molecular complexity index is 888. The second-order valence-corrected chi connectivity index (χ2v) is 9.71. The van der Waals surface area contributed by atoms with Crippen LogP contribution in [0.5, 0.6) is 0 Å². The molecule has 0 aromatic heterocycles. The Labute approximate surface area is 196 Å². The number of carbonyl (C=O) groups excluding carboxylic acids is 2. The molecule has 148 valence electrons. The quantitative estimate of drug-likeness (QED) is 0.157. The average Bonchev–Trinajstić information content (AvgIpc) is 2.60. The molecule has 28 heavy (non-hydrogen) atoms. The molecule has 0 radical (unpaired) electrons. The van der Waals surface area contributed by atoms with Crippen molar-refractivity contribution in [2.45, 2.75) is 16.9 Å². The third-order valence-electron chi connectivity index (χ3n) is 3.51. The lowest BCUT2D eigenvalue weighted by atomic mass is 10.1. The van der Waals surface area contributed by atoms with E-state index in [0.717, 1.165) is 3.57 Å². The number of halogens is 4. The van der Waals surface area contributed by atoms with Gasteiger partial charge in [0.25, 0.3) is 5.91 Å². The highest BCUT2D eigenvalue weighted by Gasteiger charge is 2.34. The van der Waals surface area contributed by atoms with Crippen LogP contribution in [-0.2, 0) is 0 Å². The molecule has 3 N–H and O–H groups in total. The molecule has 0 aliphatic heterocycles. The molecule has 0 aliphatic rings. The molecular weight excluding hydrogens is 556 g/mol. The van der Waals surface area contributed by atoms with Gasteiger partial charge in [-0.05, 0) is 84.2 Å². The number of benzene rings is 2. The van der Waals surface area contributed by atoms with Crippen molar-refractivity contribution >= 4 is 92.1 Å². The predicted octanol–water partition coefficient (Wildman–Crippen LogP) is 4.91. The fourth-order valence-corrected chi connectivity index (χ4v) is 3.24. The highest BCUT2D eigenvalue weighted by Crippen LogP contribution is 2.29. The third kappa shape index (κ3) is 7.04. The topological polar surface area (TPSA) is 70.2 Å². The van der Waals surface area contributed by atoms with Gasteiger partial charge < -0.3 is 16.0 Å². The molecule has 2 aromatic carbocycles. The molecule has 0 unspecified atom stereocenters. The number of nitrogens with one attached hydrogen (secondary N) is 3. The molecule has 0 saturated heterocycles. The van der Waals surface area contributed by atoms with Crippen molar-refractivity contribution in [3.05, 3.63) is 63.2 Å². The van der Waals surface area contributed by atoms with Crippen molar-refractivity contribution in [3.8, 4) is 0 Å². The van der Waals surface area contributed by atoms with Gasteiger partial charge in [0, 0.05) is 20.4 Å². The first kappa shape index (κ1) is 23.2. The van der Waals surface area contributed by atoms with E-state index in [4.69, 9.17) is 47.0 Å². The zero-order valence-electron chi connectivity index (χ0n) is 14.4. The number of ketones is 1. The van der Waals surface area contributed by atoms with Crippen molar-refractivity contribution in [2.24, 2.45) is 0 Å². The first-order valence-electron chi connectivity index (χ1n) is 7.88. The van der Waals surface area contributed by atoms with E-state index in [0.29, 0.717) is 16.8 Å². The van der Waals surface area contributed by atoms with Crippen LogP contribution in [0.2, 0.25) is 0 Å². The lowest BCUT2D eigenvalue weighted by molar-refractivity contribution is 0.0933. The Morgan fingerprint density at radius 2 is 1.68 bits per heavy atom. The second kappa shape index (κ2) is 10.1. The van der Waals surface area contributed by atoms with E-state index in [2.05, 4.69) is 38.5 Å². The van der Waals surface area contributed by atoms with E-state index in [9.17, 15) is 9.59 Å². The molecule has 0 spiro atoms. The summed E-state index contributed by atoms with van der Waals surface area (Å²) in [5, 5.41) is 8.45. The zero-order valence-corrected chi connectivity index (χ0v) is 19.7. The molecule has 1 amide bonds. The van der Waals surface area contributed by atoms with Crippen molar-refractivity contribution in [3.63, 3.8) is 0 Å². The van der Waals surface area contributed by atoms with Gasteiger partial charge in [0.15, 0.2) is 10.9 Å². The maximum absolute atomic E-state index is 12.5. The van der Waals surface area contributed by atoms with Crippen LogP contribution < -0.4 is 16.0 Å². The molecule has 0 bridgehead atoms. The summed E-state index contributed by atoms with van der Waals surface area (Å²) in [4.78, 5) is 23.8. The predicted molar refractivity (Wildman–Crippen MR) is 127 cm³/mol. The van der Waals surface area contributed by atoms with Gasteiger partial charge in [-0.15, -0.1) is 0 Å². The molecular formula is C18H15Cl3IN3O2S. The minimum absolute atomic E-state index is 0.0400. The van der Waals surface area contributed by atoms with Crippen LogP contribution in [0.3, 0.4) is 0 Å². The van der Waals surface area contributed by atoms with Crippen LogP contribution in [0.1, 0.15) is 27.6 Å². The lowest BCUT2D eigenvalue weighted by Gasteiger charge is -2.27. The molecule has 1 atom stereocenters. The minimum Gasteiger partial charge on any atom is -0.339 e. The summed E-state index contributed by atoms with van der Waals surface area (Å²) >= 11 is 25.3. The van der Waals surface area contributed by atoms with Crippen molar-refractivity contribution in [1.82, 2.24) is 10.6 Å². The van der Waals surface area contributed by atoms with Crippen LogP contribution in [0.25, 0.3) is 0 Å². The van der Waals surface area contributed by atoms with Crippen molar-refractivity contribution < 1.29 is 9.59 Å². The highest BCUT2D eigenvalue weighted by molar-refractivity contribution is 14.1. The molecule has 0 aliphatic carbocycles. The van der Waals surface area contributed by atoms with E-state index >= 15 is 0 Å². The molecule has 2 rings (SSSR count). The lowest BCUT2D eigenvalue weighted by Crippen LogP contribution is -2.56. The number of anilines is 1. The first-order valence-corrected chi connectivity index (χ1v) is 10.5. The summed E-state index contributed by atoms with van der Waals surface area (Å²) in [6.45, 7) is 1.48. The summed E-state index contributed by atoms with van der Waals surface area (Å²) in [6, 6.07) is 13.7. The van der Waals surface area contributed by atoms with Crippen LogP contribution in [0.15, 0.2) is 48.5 Å². The van der Waals surface area contributed by atoms with Gasteiger partial charge in [0.05, 0.1) is 0 Å². The van der Waals surface area contributed by atoms with Gasteiger partial charge in [-0.25, -0.2) is 0 Å².